The predicted molar refractivity (Wildman–Crippen MR) is 63.9 cm³/mol. The molecule has 2 rings (SSSR count). The third kappa shape index (κ3) is 2.61. The molecule has 3 heteroatoms. The van der Waals surface area contributed by atoms with E-state index in [1.54, 1.807) is 0 Å². The number of rotatable bonds is 3. The van der Waals surface area contributed by atoms with E-state index < -0.39 is 5.97 Å². The average molecular weight is 230 g/mol. The molecule has 0 bridgehead atoms. The van der Waals surface area contributed by atoms with Gasteiger partial charge in [-0.05, 0) is 35.5 Å². The van der Waals surface area contributed by atoms with E-state index in [1.165, 1.54) is 0 Å². The molecule has 1 aromatic rings. The van der Waals surface area contributed by atoms with Gasteiger partial charge >= 0.3 is 5.97 Å². The van der Waals surface area contributed by atoms with E-state index in [9.17, 15) is 9.59 Å². The average Bonchev–Trinajstić information content (AvgIpc) is 2.49. The normalized spacial score (nSPS) is 18.8. The first-order chi connectivity index (χ1) is 8.20. The Balaban J connectivity index is 2.37. The zero-order chi connectivity index (χ0) is 12.3. The fraction of sp³-hybridized carbons (Fsp3) is 0.286. The summed E-state index contributed by atoms with van der Waals surface area (Å²) in [6.45, 7) is 0. The highest BCUT2D eigenvalue weighted by molar-refractivity contribution is 5.75. The lowest BCUT2D eigenvalue weighted by molar-refractivity contribution is -0.137. The summed E-state index contributed by atoms with van der Waals surface area (Å²) in [5.41, 5.74) is 2.88. The Hall–Kier alpha value is -1.90. The molecule has 0 heterocycles. The largest absolute Gasteiger partial charge is 0.481 e. The molecule has 1 N–H and O–H groups in total. The molecular formula is C14H14O3. The first-order valence-corrected chi connectivity index (χ1v) is 5.64. The highest BCUT2D eigenvalue weighted by atomic mass is 16.4. The molecule has 0 saturated carbocycles. The number of carbonyl (C=O) groups excluding carboxylic acids is 1. The maximum atomic E-state index is 10.9. The van der Waals surface area contributed by atoms with Gasteiger partial charge in [-0.25, -0.2) is 0 Å². The monoisotopic (exact) mass is 230 g/mol. The second-order valence-corrected chi connectivity index (χ2v) is 4.30. The first kappa shape index (κ1) is 11.6. The van der Waals surface area contributed by atoms with Crippen LogP contribution in [-0.4, -0.2) is 17.4 Å². The van der Waals surface area contributed by atoms with Crippen LogP contribution in [0.3, 0.4) is 0 Å². The van der Waals surface area contributed by atoms with Crippen LogP contribution in [0.25, 0.3) is 0 Å². The minimum Gasteiger partial charge on any atom is -0.481 e. The Kier molecular flexibility index (Phi) is 3.38. The molecule has 3 nitrogen and oxygen atoms in total. The van der Waals surface area contributed by atoms with Crippen molar-refractivity contribution in [1.82, 2.24) is 0 Å². The molecule has 1 aromatic carbocycles. The van der Waals surface area contributed by atoms with Gasteiger partial charge in [0.25, 0.3) is 0 Å². The van der Waals surface area contributed by atoms with Crippen LogP contribution in [0, 0.1) is 0 Å². The number of hydrogen-bond donors (Lipinski definition) is 1. The van der Waals surface area contributed by atoms with E-state index in [0.717, 1.165) is 17.4 Å². The van der Waals surface area contributed by atoms with Gasteiger partial charge in [0, 0.05) is 0 Å². The van der Waals surface area contributed by atoms with Crippen molar-refractivity contribution in [3.8, 4) is 0 Å². The highest BCUT2D eigenvalue weighted by Crippen LogP contribution is 2.32. The minimum absolute atomic E-state index is 0.0716. The summed E-state index contributed by atoms with van der Waals surface area (Å²) in [5.74, 6) is -0.917. The second kappa shape index (κ2) is 4.95. The molecule has 0 radical (unpaired) electrons. The number of aldehydes is 1. The fourth-order valence-electron chi connectivity index (χ4n) is 2.33. The minimum atomic E-state index is -0.822. The van der Waals surface area contributed by atoms with Gasteiger partial charge in [-0.2, -0.15) is 0 Å². The van der Waals surface area contributed by atoms with E-state index in [4.69, 9.17) is 5.11 Å². The topological polar surface area (TPSA) is 54.4 Å². The van der Waals surface area contributed by atoms with Crippen molar-refractivity contribution >= 4 is 12.3 Å². The highest BCUT2D eigenvalue weighted by Gasteiger charge is 2.21. The number of fused-ring (bicyclic) bond motifs is 1. The van der Waals surface area contributed by atoms with Crippen LogP contribution in [-0.2, 0) is 16.0 Å². The van der Waals surface area contributed by atoms with Crippen molar-refractivity contribution in [2.75, 3.05) is 0 Å². The Bertz CT molecular complexity index is 474. The van der Waals surface area contributed by atoms with Crippen molar-refractivity contribution < 1.29 is 14.7 Å². The van der Waals surface area contributed by atoms with Crippen LogP contribution < -0.4 is 0 Å². The summed E-state index contributed by atoms with van der Waals surface area (Å²) in [7, 11) is 0. The standard InChI is InChI=1S/C14H14O3/c15-9-10-5-6-11-3-1-2-4-13(11)12(7-10)8-14(16)17/h1-5,9,12H,6-8H2,(H,16,17). The Morgan fingerprint density at radius 2 is 2.18 bits per heavy atom. The number of allylic oxidation sites excluding steroid dienone is 2. The summed E-state index contributed by atoms with van der Waals surface area (Å²) < 4.78 is 0. The molecule has 1 atom stereocenters. The molecule has 1 aliphatic rings. The third-order valence-electron chi connectivity index (χ3n) is 3.13. The molecule has 0 amide bonds. The number of carbonyl (C=O) groups is 2. The van der Waals surface area contributed by atoms with Crippen molar-refractivity contribution in [2.45, 2.75) is 25.2 Å². The predicted octanol–water partition coefficient (Wildman–Crippen LogP) is 2.32. The summed E-state index contributed by atoms with van der Waals surface area (Å²) >= 11 is 0. The van der Waals surface area contributed by atoms with Gasteiger partial charge < -0.3 is 5.11 Å². The van der Waals surface area contributed by atoms with Gasteiger partial charge in [0.1, 0.15) is 6.29 Å². The van der Waals surface area contributed by atoms with Crippen molar-refractivity contribution in [3.63, 3.8) is 0 Å². The second-order valence-electron chi connectivity index (χ2n) is 4.30. The summed E-state index contributed by atoms with van der Waals surface area (Å²) in [6.07, 6.45) is 4.03. The van der Waals surface area contributed by atoms with Crippen LogP contribution in [0.15, 0.2) is 35.9 Å². The zero-order valence-corrected chi connectivity index (χ0v) is 9.43. The van der Waals surface area contributed by atoms with Gasteiger partial charge in [-0.1, -0.05) is 30.3 Å². The third-order valence-corrected chi connectivity index (χ3v) is 3.13. The zero-order valence-electron chi connectivity index (χ0n) is 9.43. The SMILES string of the molecule is O=CC1=CCc2ccccc2C(CC(=O)O)C1. The Labute approximate surface area is 99.8 Å². The lowest BCUT2D eigenvalue weighted by Gasteiger charge is -2.15. The van der Waals surface area contributed by atoms with E-state index in [2.05, 4.69) is 0 Å². The van der Waals surface area contributed by atoms with E-state index >= 15 is 0 Å². The molecule has 1 aliphatic carbocycles. The van der Waals surface area contributed by atoms with E-state index in [1.807, 2.05) is 30.3 Å². The molecule has 0 aromatic heterocycles. The van der Waals surface area contributed by atoms with Gasteiger partial charge in [0.05, 0.1) is 6.42 Å². The van der Waals surface area contributed by atoms with Crippen LogP contribution >= 0.6 is 0 Å². The molecular weight excluding hydrogens is 216 g/mol. The lowest BCUT2D eigenvalue weighted by Crippen LogP contribution is -2.08. The van der Waals surface area contributed by atoms with Gasteiger partial charge in [0.2, 0.25) is 0 Å². The number of carboxylic acid groups (broad SMARTS) is 1. The van der Waals surface area contributed by atoms with E-state index in [0.29, 0.717) is 18.4 Å². The maximum absolute atomic E-state index is 10.9. The fourth-order valence-corrected chi connectivity index (χ4v) is 2.33. The first-order valence-electron chi connectivity index (χ1n) is 5.64. The summed E-state index contributed by atoms with van der Waals surface area (Å²) in [4.78, 5) is 21.8. The number of hydrogen-bond acceptors (Lipinski definition) is 2. The number of carboxylic acids is 1. The molecule has 1 unspecified atom stereocenters. The Morgan fingerprint density at radius 3 is 2.88 bits per heavy atom. The summed E-state index contributed by atoms with van der Waals surface area (Å²) in [5, 5.41) is 8.93. The number of benzene rings is 1. The van der Waals surface area contributed by atoms with E-state index in [-0.39, 0.29) is 12.3 Å². The van der Waals surface area contributed by atoms with Gasteiger partial charge in [0.15, 0.2) is 0 Å². The van der Waals surface area contributed by atoms with Crippen LogP contribution in [0.2, 0.25) is 0 Å². The summed E-state index contributed by atoms with van der Waals surface area (Å²) in [6, 6.07) is 7.81. The van der Waals surface area contributed by atoms with Crippen molar-refractivity contribution in [2.24, 2.45) is 0 Å². The van der Waals surface area contributed by atoms with Crippen LogP contribution in [0.4, 0.5) is 0 Å². The number of aliphatic carboxylic acids is 1. The lowest BCUT2D eigenvalue weighted by atomic mass is 9.88. The Morgan fingerprint density at radius 1 is 1.41 bits per heavy atom. The molecule has 0 aliphatic heterocycles. The smallest absolute Gasteiger partial charge is 0.303 e. The molecule has 88 valence electrons. The van der Waals surface area contributed by atoms with Crippen LogP contribution in [0.5, 0.6) is 0 Å². The molecule has 0 spiro atoms. The molecule has 0 saturated heterocycles. The molecule has 17 heavy (non-hydrogen) atoms. The quantitative estimate of drug-likeness (QED) is 0.811. The molecule has 0 fully saturated rings. The van der Waals surface area contributed by atoms with Crippen molar-refractivity contribution in [1.29, 1.82) is 0 Å². The van der Waals surface area contributed by atoms with Crippen LogP contribution in [0.1, 0.15) is 29.9 Å². The van der Waals surface area contributed by atoms with Gasteiger partial charge in [-0.3, -0.25) is 9.59 Å². The maximum Gasteiger partial charge on any atom is 0.303 e. The van der Waals surface area contributed by atoms with Gasteiger partial charge in [-0.15, -0.1) is 0 Å². The van der Waals surface area contributed by atoms with Crippen molar-refractivity contribution in [3.05, 3.63) is 47.0 Å².